The smallest absolute Gasteiger partial charge is 0.255 e. The average molecular weight is 355 g/mol. The van der Waals surface area contributed by atoms with Gasteiger partial charge in [0.1, 0.15) is 0 Å². The molecular formula is C20H25N3O3. The maximum atomic E-state index is 12.7. The molecule has 1 aliphatic rings. The molecule has 1 amide bonds. The summed E-state index contributed by atoms with van der Waals surface area (Å²) < 4.78 is 0. The normalized spacial score (nSPS) is 18.1. The third-order valence-corrected chi connectivity index (χ3v) is 4.89. The average Bonchev–Trinajstić information content (AvgIpc) is 2.65. The second kappa shape index (κ2) is 8.29. The predicted octanol–water partition coefficient (Wildman–Crippen LogP) is 1.39. The fourth-order valence-electron chi connectivity index (χ4n) is 3.36. The van der Waals surface area contributed by atoms with Crippen molar-refractivity contribution in [3.63, 3.8) is 0 Å². The quantitative estimate of drug-likeness (QED) is 0.850. The van der Waals surface area contributed by atoms with Gasteiger partial charge in [-0.3, -0.25) is 14.5 Å². The highest BCUT2D eigenvalue weighted by molar-refractivity contribution is 5.94. The third kappa shape index (κ3) is 4.39. The van der Waals surface area contributed by atoms with Gasteiger partial charge >= 0.3 is 0 Å². The summed E-state index contributed by atoms with van der Waals surface area (Å²) in [6, 6.07) is 11.5. The Hall–Kier alpha value is -2.44. The van der Waals surface area contributed by atoms with Gasteiger partial charge in [-0.25, -0.2) is 0 Å². The fraction of sp³-hybridized carbons (Fsp3) is 0.400. The first-order valence-corrected chi connectivity index (χ1v) is 8.95. The number of pyridine rings is 1. The lowest BCUT2D eigenvalue weighted by Gasteiger charge is -2.41. The number of aryl methyl sites for hydroxylation is 1. The molecule has 0 unspecified atom stereocenters. The highest BCUT2D eigenvalue weighted by Gasteiger charge is 2.29. The zero-order valence-electron chi connectivity index (χ0n) is 15.0. The van der Waals surface area contributed by atoms with E-state index in [4.69, 9.17) is 0 Å². The van der Waals surface area contributed by atoms with E-state index < -0.39 is 0 Å². The van der Waals surface area contributed by atoms with Crippen LogP contribution in [0.4, 0.5) is 0 Å². The Balaban J connectivity index is 1.68. The summed E-state index contributed by atoms with van der Waals surface area (Å²) in [5.74, 6) is -0.0841. The Bertz CT molecular complexity index is 780. The van der Waals surface area contributed by atoms with Crippen LogP contribution in [0.25, 0.3) is 0 Å². The van der Waals surface area contributed by atoms with Gasteiger partial charge in [0.2, 0.25) is 5.56 Å². The number of aliphatic hydroxyl groups excluding tert-OH is 1. The van der Waals surface area contributed by atoms with E-state index in [0.717, 1.165) is 13.1 Å². The SMILES string of the molecule is Cc1ccc(CN2CCN(C(=O)c3ccc(=O)[nH]c3)C[C@@H]2CCO)cc1. The first-order valence-electron chi connectivity index (χ1n) is 8.95. The molecule has 0 bridgehead atoms. The number of aromatic amines is 1. The first-order chi connectivity index (χ1) is 12.6. The fourth-order valence-corrected chi connectivity index (χ4v) is 3.36. The van der Waals surface area contributed by atoms with Crippen molar-refractivity contribution in [2.45, 2.75) is 25.9 Å². The Morgan fingerprint density at radius 1 is 1.19 bits per heavy atom. The first kappa shape index (κ1) is 18.4. The molecule has 1 aromatic heterocycles. The van der Waals surface area contributed by atoms with Gasteiger partial charge in [0, 0.05) is 51.1 Å². The van der Waals surface area contributed by atoms with Crippen LogP contribution < -0.4 is 5.56 Å². The van der Waals surface area contributed by atoms with Crippen molar-refractivity contribution >= 4 is 5.91 Å². The molecule has 1 aromatic carbocycles. The zero-order chi connectivity index (χ0) is 18.5. The largest absolute Gasteiger partial charge is 0.396 e. The number of piperazine rings is 1. The Morgan fingerprint density at radius 3 is 2.62 bits per heavy atom. The van der Waals surface area contributed by atoms with Gasteiger partial charge in [0.15, 0.2) is 0 Å². The zero-order valence-corrected chi connectivity index (χ0v) is 15.0. The van der Waals surface area contributed by atoms with Crippen LogP contribution >= 0.6 is 0 Å². The van der Waals surface area contributed by atoms with E-state index in [0.29, 0.717) is 25.1 Å². The lowest BCUT2D eigenvalue weighted by molar-refractivity contribution is 0.0395. The van der Waals surface area contributed by atoms with Crippen molar-refractivity contribution in [1.82, 2.24) is 14.8 Å². The van der Waals surface area contributed by atoms with E-state index in [1.807, 2.05) is 0 Å². The van der Waals surface area contributed by atoms with E-state index >= 15 is 0 Å². The summed E-state index contributed by atoms with van der Waals surface area (Å²) >= 11 is 0. The summed E-state index contributed by atoms with van der Waals surface area (Å²) in [5.41, 5.74) is 2.73. The molecule has 0 radical (unpaired) electrons. The van der Waals surface area contributed by atoms with Crippen molar-refractivity contribution in [3.8, 4) is 0 Å². The molecule has 2 N–H and O–H groups in total. The molecule has 6 nitrogen and oxygen atoms in total. The number of aromatic nitrogens is 1. The number of carbonyl (C=O) groups excluding carboxylic acids is 1. The molecular weight excluding hydrogens is 330 g/mol. The number of rotatable bonds is 5. The van der Waals surface area contributed by atoms with E-state index in [-0.39, 0.29) is 24.1 Å². The molecule has 3 rings (SSSR count). The number of nitrogens with zero attached hydrogens (tertiary/aromatic N) is 2. The van der Waals surface area contributed by atoms with Crippen molar-refractivity contribution in [2.75, 3.05) is 26.2 Å². The van der Waals surface area contributed by atoms with Crippen LogP contribution in [0, 0.1) is 6.92 Å². The Morgan fingerprint density at radius 2 is 1.96 bits per heavy atom. The highest BCUT2D eigenvalue weighted by atomic mass is 16.3. The summed E-state index contributed by atoms with van der Waals surface area (Å²) in [7, 11) is 0. The van der Waals surface area contributed by atoms with Crippen LogP contribution in [0.1, 0.15) is 27.9 Å². The summed E-state index contributed by atoms with van der Waals surface area (Å²) in [6.07, 6.45) is 2.09. The Kier molecular flexibility index (Phi) is 5.85. The van der Waals surface area contributed by atoms with Crippen molar-refractivity contribution in [3.05, 3.63) is 69.6 Å². The molecule has 26 heavy (non-hydrogen) atoms. The van der Waals surface area contributed by atoms with Gasteiger partial charge in [0.05, 0.1) is 5.56 Å². The van der Waals surface area contributed by atoms with Crippen LogP contribution in [0.15, 0.2) is 47.4 Å². The summed E-state index contributed by atoms with van der Waals surface area (Å²) in [5, 5.41) is 9.44. The van der Waals surface area contributed by atoms with Crippen LogP contribution in [-0.4, -0.2) is 58.1 Å². The minimum Gasteiger partial charge on any atom is -0.396 e. The lowest BCUT2D eigenvalue weighted by atomic mass is 10.1. The van der Waals surface area contributed by atoms with Gasteiger partial charge in [-0.2, -0.15) is 0 Å². The van der Waals surface area contributed by atoms with E-state index in [9.17, 15) is 14.7 Å². The number of amides is 1. The van der Waals surface area contributed by atoms with Crippen molar-refractivity contribution in [2.24, 2.45) is 0 Å². The molecule has 2 heterocycles. The van der Waals surface area contributed by atoms with Crippen molar-refractivity contribution < 1.29 is 9.90 Å². The van der Waals surface area contributed by atoms with Gasteiger partial charge in [-0.15, -0.1) is 0 Å². The second-order valence-electron chi connectivity index (χ2n) is 6.81. The number of hydrogen-bond acceptors (Lipinski definition) is 4. The highest BCUT2D eigenvalue weighted by Crippen LogP contribution is 2.18. The number of H-pyrrole nitrogens is 1. The van der Waals surface area contributed by atoms with Gasteiger partial charge in [0.25, 0.3) is 5.91 Å². The van der Waals surface area contributed by atoms with Crippen molar-refractivity contribution in [1.29, 1.82) is 0 Å². The maximum absolute atomic E-state index is 12.7. The summed E-state index contributed by atoms with van der Waals surface area (Å²) in [6.45, 7) is 4.94. The predicted molar refractivity (Wildman–Crippen MR) is 100 cm³/mol. The minimum absolute atomic E-state index is 0.0841. The molecule has 138 valence electrons. The molecule has 1 saturated heterocycles. The number of nitrogens with one attached hydrogen (secondary N) is 1. The molecule has 0 spiro atoms. The standard InChI is InChI=1S/C20H25N3O3/c1-15-2-4-16(5-3-15)13-22-9-10-23(14-18(22)8-11-24)20(26)17-6-7-19(25)21-12-17/h2-7,12,18,24H,8-11,13-14H2,1H3,(H,21,25)/t18-/m0/s1. The topological polar surface area (TPSA) is 76.6 Å². The number of benzene rings is 1. The Labute approximate surface area is 153 Å². The monoisotopic (exact) mass is 355 g/mol. The van der Waals surface area contributed by atoms with Gasteiger partial charge < -0.3 is 15.0 Å². The molecule has 1 atom stereocenters. The lowest BCUT2D eigenvalue weighted by Crippen LogP contribution is -2.54. The van der Waals surface area contributed by atoms with Gasteiger partial charge in [-0.1, -0.05) is 29.8 Å². The van der Waals surface area contributed by atoms with Crippen LogP contribution in [-0.2, 0) is 6.54 Å². The molecule has 1 aliphatic heterocycles. The third-order valence-electron chi connectivity index (χ3n) is 4.89. The second-order valence-corrected chi connectivity index (χ2v) is 6.81. The van der Waals surface area contributed by atoms with E-state index in [1.54, 1.807) is 11.0 Å². The summed E-state index contributed by atoms with van der Waals surface area (Å²) in [4.78, 5) is 30.6. The number of carbonyl (C=O) groups is 1. The molecule has 1 fully saturated rings. The molecule has 0 aliphatic carbocycles. The minimum atomic E-state index is -0.220. The maximum Gasteiger partial charge on any atom is 0.255 e. The van der Waals surface area contributed by atoms with E-state index in [1.165, 1.54) is 23.4 Å². The number of aliphatic hydroxyl groups is 1. The van der Waals surface area contributed by atoms with E-state index in [2.05, 4.69) is 41.1 Å². The molecule has 6 heteroatoms. The van der Waals surface area contributed by atoms with Crippen LogP contribution in [0.2, 0.25) is 0 Å². The van der Waals surface area contributed by atoms with Gasteiger partial charge in [-0.05, 0) is 25.0 Å². The van der Waals surface area contributed by atoms with Crippen LogP contribution in [0.5, 0.6) is 0 Å². The van der Waals surface area contributed by atoms with Crippen LogP contribution in [0.3, 0.4) is 0 Å². The number of hydrogen-bond donors (Lipinski definition) is 2. The molecule has 0 saturated carbocycles. The molecule has 2 aromatic rings.